The van der Waals surface area contributed by atoms with Crippen molar-refractivity contribution in [3.63, 3.8) is 0 Å². The van der Waals surface area contributed by atoms with Crippen LogP contribution >= 0.6 is 0 Å². The van der Waals surface area contributed by atoms with Crippen molar-refractivity contribution in [2.75, 3.05) is 11.9 Å². The molecule has 108 valence electrons. The zero-order valence-electron chi connectivity index (χ0n) is 12.1. The molecule has 1 aliphatic heterocycles. The topological polar surface area (TPSA) is 71.5 Å². The summed E-state index contributed by atoms with van der Waals surface area (Å²) >= 11 is 0. The number of hydrogen-bond donors (Lipinski definition) is 1. The number of carbonyl (C=O) groups is 2. The van der Waals surface area contributed by atoms with Crippen molar-refractivity contribution in [2.24, 2.45) is 0 Å². The molecule has 1 aromatic rings. The molecule has 1 atom stereocenters. The summed E-state index contributed by atoms with van der Waals surface area (Å²) in [6, 6.07) is 3.09. The van der Waals surface area contributed by atoms with Gasteiger partial charge in [0.25, 0.3) is 5.91 Å². The molecule has 0 saturated carbocycles. The van der Waals surface area contributed by atoms with Crippen molar-refractivity contribution >= 4 is 17.8 Å². The highest BCUT2D eigenvalue weighted by Gasteiger charge is 2.33. The van der Waals surface area contributed by atoms with Gasteiger partial charge in [-0.15, -0.1) is 0 Å². The van der Waals surface area contributed by atoms with Crippen molar-refractivity contribution < 1.29 is 14.3 Å². The van der Waals surface area contributed by atoms with Crippen LogP contribution in [0.3, 0.4) is 0 Å². The second kappa shape index (κ2) is 5.11. The van der Waals surface area contributed by atoms with Crippen LogP contribution in [-0.4, -0.2) is 35.7 Å². The number of hydrogen-bond acceptors (Lipinski definition) is 4. The molecule has 0 fully saturated rings. The maximum absolute atomic E-state index is 12.2. The normalized spacial score (nSPS) is 18.5. The van der Waals surface area contributed by atoms with Gasteiger partial charge in [0.2, 0.25) is 0 Å². The fourth-order valence-electron chi connectivity index (χ4n) is 2.10. The number of likely N-dealkylation sites (N-methyl/N-ethyl adjacent to an activating group) is 1. The van der Waals surface area contributed by atoms with Gasteiger partial charge in [0.15, 0.2) is 0 Å². The first kappa shape index (κ1) is 14.3. The number of nitrogens with one attached hydrogen (secondary N) is 1. The Morgan fingerprint density at radius 1 is 1.50 bits per heavy atom. The van der Waals surface area contributed by atoms with Gasteiger partial charge in [-0.05, 0) is 32.4 Å². The molecule has 0 radical (unpaired) electrons. The van der Waals surface area contributed by atoms with E-state index >= 15 is 0 Å². The van der Waals surface area contributed by atoms with Gasteiger partial charge in [-0.3, -0.25) is 9.69 Å². The first-order valence-corrected chi connectivity index (χ1v) is 6.49. The van der Waals surface area contributed by atoms with Crippen LogP contribution in [0.15, 0.2) is 18.3 Å². The number of alkyl carbamates (subject to hydrolysis) is 1. The van der Waals surface area contributed by atoms with E-state index in [2.05, 4.69) is 10.3 Å². The number of pyridine rings is 1. The molecule has 0 aromatic carbocycles. The summed E-state index contributed by atoms with van der Waals surface area (Å²) in [5.41, 5.74) is 0.336. The minimum atomic E-state index is -0.619. The van der Waals surface area contributed by atoms with Gasteiger partial charge < -0.3 is 10.1 Å². The average molecular weight is 277 g/mol. The number of aromatic nitrogens is 1. The zero-order chi connectivity index (χ0) is 14.9. The van der Waals surface area contributed by atoms with Crippen LogP contribution in [0.1, 0.15) is 26.3 Å². The monoisotopic (exact) mass is 277 g/mol. The van der Waals surface area contributed by atoms with Crippen LogP contribution in [0.5, 0.6) is 0 Å². The van der Waals surface area contributed by atoms with E-state index in [0.717, 1.165) is 5.56 Å². The molecule has 0 aliphatic carbocycles. The Kier molecular flexibility index (Phi) is 3.65. The average Bonchev–Trinajstić information content (AvgIpc) is 2.33. The summed E-state index contributed by atoms with van der Waals surface area (Å²) in [6.07, 6.45) is 1.48. The van der Waals surface area contributed by atoms with E-state index in [-0.39, 0.29) is 5.91 Å². The SMILES string of the molecule is CN1C(=O)C(NC(=O)OC(C)(C)C)Cc2cccnc21. The maximum Gasteiger partial charge on any atom is 0.408 e. The van der Waals surface area contributed by atoms with Gasteiger partial charge in [0.1, 0.15) is 17.5 Å². The third kappa shape index (κ3) is 3.07. The van der Waals surface area contributed by atoms with Gasteiger partial charge >= 0.3 is 6.09 Å². The van der Waals surface area contributed by atoms with Gasteiger partial charge in [-0.1, -0.05) is 6.07 Å². The van der Waals surface area contributed by atoms with Crippen LogP contribution in [0.2, 0.25) is 0 Å². The highest BCUT2D eigenvalue weighted by Crippen LogP contribution is 2.24. The van der Waals surface area contributed by atoms with Crippen molar-refractivity contribution in [3.8, 4) is 0 Å². The van der Waals surface area contributed by atoms with Crippen molar-refractivity contribution in [2.45, 2.75) is 38.8 Å². The molecule has 1 aromatic heterocycles. The van der Waals surface area contributed by atoms with Crippen LogP contribution in [0, 0.1) is 0 Å². The summed E-state index contributed by atoms with van der Waals surface area (Å²) in [4.78, 5) is 29.6. The summed E-state index contributed by atoms with van der Waals surface area (Å²) in [5.74, 6) is 0.446. The molecule has 2 rings (SSSR count). The quantitative estimate of drug-likeness (QED) is 0.844. The first-order valence-electron chi connectivity index (χ1n) is 6.49. The van der Waals surface area contributed by atoms with E-state index in [9.17, 15) is 9.59 Å². The van der Waals surface area contributed by atoms with Gasteiger partial charge in [0.05, 0.1) is 0 Å². The second-order valence-electron chi connectivity index (χ2n) is 5.79. The number of rotatable bonds is 1. The van der Waals surface area contributed by atoms with Crippen LogP contribution in [-0.2, 0) is 16.0 Å². The van der Waals surface area contributed by atoms with E-state index in [1.807, 2.05) is 12.1 Å². The molecule has 2 amide bonds. The van der Waals surface area contributed by atoms with Crippen molar-refractivity contribution in [1.82, 2.24) is 10.3 Å². The Morgan fingerprint density at radius 2 is 2.20 bits per heavy atom. The highest BCUT2D eigenvalue weighted by atomic mass is 16.6. The Labute approximate surface area is 118 Å². The molecule has 6 heteroatoms. The largest absolute Gasteiger partial charge is 0.444 e. The minimum Gasteiger partial charge on any atom is -0.444 e. The van der Waals surface area contributed by atoms with Gasteiger partial charge in [-0.2, -0.15) is 0 Å². The molecule has 0 bridgehead atoms. The number of nitrogens with zero attached hydrogens (tertiary/aromatic N) is 2. The van der Waals surface area contributed by atoms with Crippen LogP contribution in [0.4, 0.5) is 10.6 Å². The number of amides is 2. The van der Waals surface area contributed by atoms with E-state index in [0.29, 0.717) is 12.2 Å². The fraction of sp³-hybridized carbons (Fsp3) is 0.500. The summed E-state index contributed by atoms with van der Waals surface area (Å²) in [6.45, 7) is 5.34. The predicted octanol–water partition coefficient (Wildman–Crippen LogP) is 1.49. The second-order valence-corrected chi connectivity index (χ2v) is 5.79. The molecule has 1 N–H and O–H groups in total. The molecule has 1 unspecified atom stereocenters. The van der Waals surface area contributed by atoms with Gasteiger partial charge in [0, 0.05) is 19.7 Å². The van der Waals surface area contributed by atoms with Crippen LogP contribution < -0.4 is 10.2 Å². The van der Waals surface area contributed by atoms with E-state index < -0.39 is 17.7 Å². The molecule has 20 heavy (non-hydrogen) atoms. The summed E-state index contributed by atoms with van der Waals surface area (Å²) in [5, 5.41) is 2.62. The van der Waals surface area contributed by atoms with E-state index in [1.54, 1.807) is 34.0 Å². The summed E-state index contributed by atoms with van der Waals surface area (Å²) in [7, 11) is 1.65. The highest BCUT2D eigenvalue weighted by molar-refractivity contribution is 6.00. The third-order valence-corrected chi connectivity index (χ3v) is 2.93. The Morgan fingerprint density at radius 3 is 2.85 bits per heavy atom. The Hall–Kier alpha value is -2.11. The lowest BCUT2D eigenvalue weighted by Crippen LogP contribution is -2.52. The molecule has 2 heterocycles. The van der Waals surface area contributed by atoms with Crippen LogP contribution in [0.25, 0.3) is 0 Å². The fourth-order valence-corrected chi connectivity index (χ4v) is 2.10. The Bertz CT molecular complexity index is 537. The molecule has 0 spiro atoms. The lowest BCUT2D eigenvalue weighted by atomic mass is 10.0. The van der Waals surface area contributed by atoms with Crippen molar-refractivity contribution in [3.05, 3.63) is 23.9 Å². The first-order chi connectivity index (χ1) is 9.28. The van der Waals surface area contributed by atoms with Crippen molar-refractivity contribution in [1.29, 1.82) is 0 Å². The molecule has 0 saturated heterocycles. The number of ether oxygens (including phenoxy) is 1. The minimum absolute atomic E-state index is 0.193. The smallest absolute Gasteiger partial charge is 0.408 e. The molecular formula is C14H19N3O3. The summed E-state index contributed by atoms with van der Waals surface area (Å²) < 4.78 is 5.18. The van der Waals surface area contributed by atoms with E-state index in [1.165, 1.54) is 4.90 Å². The molecule has 6 nitrogen and oxygen atoms in total. The third-order valence-electron chi connectivity index (χ3n) is 2.93. The molecular weight excluding hydrogens is 258 g/mol. The number of carbonyl (C=O) groups excluding carboxylic acids is 2. The maximum atomic E-state index is 12.2. The van der Waals surface area contributed by atoms with Gasteiger partial charge in [-0.25, -0.2) is 9.78 Å². The standard InChI is InChI=1S/C14H19N3O3/c1-14(2,3)20-13(19)16-10-8-9-6-5-7-15-11(9)17(4)12(10)18/h5-7,10H,8H2,1-4H3,(H,16,19). The van der Waals surface area contributed by atoms with E-state index in [4.69, 9.17) is 4.74 Å². The predicted molar refractivity (Wildman–Crippen MR) is 74.5 cm³/mol. The lowest BCUT2D eigenvalue weighted by molar-refractivity contribution is -0.120. The number of fused-ring (bicyclic) bond motifs is 1. The molecule has 1 aliphatic rings. The lowest BCUT2D eigenvalue weighted by Gasteiger charge is -2.31. The Balaban J connectivity index is 2.12. The number of anilines is 1. The zero-order valence-corrected chi connectivity index (χ0v) is 12.1.